The summed E-state index contributed by atoms with van der Waals surface area (Å²) in [5.74, 6) is -0.282. The van der Waals surface area contributed by atoms with Crippen molar-refractivity contribution in [1.29, 1.82) is 0 Å². The molecule has 0 saturated heterocycles. The van der Waals surface area contributed by atoms with Crippen LogP contribution in [-0.4, -0.2) is 11.1 Å². The van der Waals surface area contributed by atoms with Crippen molar-refractivity contribution >= 4 is 48.6 Å². The molecular weight excluding hydrogens is 340 g/mol. The minimum Gasteiger partial charge on any atom is -0.422 e. The summed E-state index contributed by atoms with van der Waals surface area (Å²) in [6.07, 6.45) is 0. The summed E-state index contributed by atoms with van der Waals surface area (Å²) in [6, 6.07) is 6.80. The van der Waals surface area contributed by atoms with Gasteiger partial charge in [-0.2, -0.15) is 0 Å². The fourth-order valence-corrected chi connectivity index (χ4v) is 2.04. The van der Waals surface area contributed by atoms with E-state index < -0.39 is 5.63 Å². The number of carbonyl (C=O) groups excluding carboxylic acids is 1. The molecule has 0 spiro atoms. The highest BCUT2D eigenvalue weighted by molar-refractivity contribution is 9.10. The molecule has 0 amide bonds. The molecule has 3 nitrogen and oxygen atoms in total. The van der Waals surface area contributed by atoms with E-state index >= 15 is 0 Å². The Bertz CT molecular complexity index is 616. The van der Waals surface area contributed by atoms with Crippen LogP contribution >= 0.6 is 31.9 Å². The number of carbonyl (C=O) groups is 1. The molecule has 1 aromatic heterocycles. The average Bonchev–Trinajstić information content (AvgIpc) is 2.28. The van der Waals surface area contributed by atoms with E-state index in [-0.39, 0.29) is 16.7 Å². The van der Waals surface area contributed by atoms with Crippen LogP contribution in [-0.2, 0) is 0 Å². The van der Waals surface area contributed by atoms with E-state index in [1.165, 1.54) is 0 Å². The Morgan fingerprint density at radius 1 is 1.31 bits per heavy atom. The van der Waals surface area contributed by atoms with Crippen molar-refractivity contribution in [3.05, 3.63) is 44.7 Å². The van der Waals surface area contributed by atoms with Crippen molar-refractivity contribution in [3.8, 4) is 0 Å². The Balaban J connectivity index is 2.74. The molecule has 16 heavy (non-hydrogen) atoms. The van der Waals surface area contributed by atoms with Crippen LogP contribution in [0, 0.1) is 0 Å². The minimum absolute atomic E-state index is 0.0717. The van der Waals surface area contributed by atoms with Gasteiger partial charge in [-0.15, -0.1) is 0 Å². The van der Waals surface area contributed by atoms with Gasteiger partial charge in [0.05, 0.1) is 5.33 Å². The maximum absolute atomic E-state index is 11.5. The Morgan fingerprint density at radius 2 is 2.06 bits per heavy atom. The van der Waals surface area contributed by atoms with Crippen molar-refractivity contribution in [2.24, 2.45) is 0 Å². The van der Waals surface area contributed by atoms with Crippen molar-refractivity contribution < 1.29 is 9.21 Å². The lowest BCUT2D eigenvalue weighted by Crippen LogP contribution is -2.14. The standard InChI is InChI=1S/C11H6Br2O3/c12-5-9(14)8-4-6-3-7(13)1-2-10(6)16-11(8)15/h1-4H,5H2. The molecule has 0 aliphatic rings. The van der Waals surface area contributed by atoms with Gasteiger partial charge in [0.1, 0.15) is 11.1 Å². The summed E-state index contributed by atoms with van der Waals surface area (Å²) >= 11 is 6.34. The average molecular weight is 346 g/mol. The SMILES string of the molecule is O=C(CBr)c1cc2cc(Br)ccc2oc1=O. The van der Waals surface area contributed by atoms with Gasteiger partial charge in [0.15, 0.2) is 5.78 Å². The summed E-state index contributed by atoms with van der Waals surface area (Å²) in [4.78, 5) is 22.9. The van der Waals surface area contributed by atoms with Crippen molar-refractivity contribution in [2.75, 3.05) is 5.33 Å². The molecule has 0 aliphatic carbocycles. The van der Waals surface area contributed by atoms with Gasteiger partial charge in [-0.3, -0.25) is 4.79 Å². The van der Waals surface area contributed by atoms with Gasteiger partial charge in [0, 0.05) is 9.86 Å². The monoisotopic (exact) mass is 344 g/mol. The lowest BCUT2D eigenvalue weighted by molar-refractivity contribution is 0.102. The van der Waals surface area contributed by atoms with Gasteiger partial charge in [-0.05, 0) is 24.3 Å². The molecule has 5 heteroatoms. The molecule has 0 aliphatic heterocycles. The van der Waals surface area contributed by atoms with E-state index in [1.807, 2.05) is 0 Å². The van der Waals surface area contributed by atoms with Crippen molar-refractivity contribution in [1.82, 2.24) is 0 Å². The van der Waals surface area contributed by atoms with E-state index in [9.17, 15) is 9.59 Å². The maximum Gasteiger partial charge on any atom is 0.347 e. The molecule has 0 fully saturated rings. The third kappa shape index (κ3) is 2.10. The number of benzene rings is 1. The topological polar surface area (TPSA) is 47.3 Å². The van der Waals surface area contributed by atoms with Crippen LogP contribution in [0.5, 0.6) is 0 Å². The minimum atomic E-state index is -0.598. The molecule has 2 aromatic rings. The zero-order chi connectivity index (χ0) is 11.7. The van der Waals surface area contributed by atoms with Crippen LogP contribution < -0.4 is 5.63 Å². The van der Waals surface area contributed by atoms with Gasteiger partial charge in [-0.1, -0.05) is 31.9 Å². The number of ketones is 1. The fourth-order valence-electron chi connectivity index (χ4n) is 1.36. The summed E-state index contributed by atoms with van der Waals surface area (Å²) < 4.78 is 5.92. The number of fused-ring (bicyclic) bond motifs is 1. The van der Waals surface area contributed by atoms with Gasteiger partial charge in [-0.25, -0.2) is 4.79 Å². The Labute approximate surface area is 108 Å². The Kier molecular flexibility index (Phi) is 3.25. The lowest BCUT2D eigenvalue weighted by atomic mass is 10.1. The highest BCUT2D eigenvalue weighted by Crippen LogP contribution is 2.19. The second-order valence-electron chi connectivity index (χ2n) is 3.19. The fraction of sp³-hybridized carbons (Fsp3) is 0.0909. The van der Waals surface area contributed by atoms with Crippen LogP contribution in [0.3, 0.4) is 0 Å². The molecule has 0 N–H and O–H groups in total. The van der Waals surface area contributed by atoms with E-state index in [4.69, 9.17) is 4.42 Å². The van der Waals surface area contributed by atoms with E-state index in [0.717, 1.165) is 9.86 Å². The highest BCUT2D eigenvalue weighted by Gasteiger charge is 2.12. The van der Waals surface area contributed by atoms with Crippen LogP contribution in [0.15, 0.2) is 37.9 Å². The van der Waals surface area contributed by atoms with Crippen LogP contribution in [0.25, 0.3) is 11.0 Å². The largest absolute Gasteiger partial charge is 0.422 e. The molecule has 2 rings (SSSR count). The number of hydrogen-bond donors (Lipinski definition) is 0. The quantitative estimate of drug-likeness (QED) is 0.477. The lowest BCUT2D eigenvalue weighted by Gasteiger charge is -2.00. The molecular formula is C11H6Br2O3. The highest BCUT2D eigenvalue weighted by atomic mass is 79.9. The molecule has 0 bridgehead atoms. The molecule has 0 saturated carbocycles. The molecule has 1 aromatic carbocycles. The van der Waals surface area contributed by atoms with Gasteiger partial charge in [0.25, 0.3) is 0 Å². The number of alkyl halides is 1. The summed E-state index contributed by atoms with van der Waals surface area (Å²) in [6.45, 7) is 0. The first-order chi connectivity index (χ1) is 7.61. The molecule has 82 valence electrons. The predicted molar refractivity (Wildman–Crippen MR) is 68.3 cm³/mol. The number of hydrogen-bond acceptors (Lipinski definition) is 3. The molecule has 1 heterocycles. The summed E-state index contributed by atoms with van der Waals surface area (Å²) in [5, 5.41) is 0.829. The van der Waals surface area contributed by atoms with Gasteiger partial charge < -0.3 is 4.42 Å². The number of rotatable bonds is 2. The van der Waals surface area contributed by atoms with Crippen LogP contribution in [0.4, 0.5) is 0 Å². The molecule has 0 unspecified atom stereocenters. The van der Waals surface area contributed by atoms with Crippen LogP contribution in [0.2, 0.25) is 0 Å². The third-order valence-corrected chi connectivity index (χ3v) is 3.12. The Morgan fingerprint density at radius 3 is 2.75 bits per heavy atom. The maximum atomic E-state index is 11.5. The second kappa shape index (κ2) is 4.51. The first-order valence-corrected chi connectivity index (χ1v) is 6.36. The second-order valence-corrected chi connectivity index (χ2v) is 4.66. The first-order valence-electron chi connectivity index (χ1n) is 4.44. The third-order valence-electron chi connectivity index (χ3n) is 2.12. The molecule has 0 atom stereocenters. The van der Waals surface area contributed by atoms with Crippen molar-refractivity contribution in [3.63, 3.8) is 0 Å². The normalized spacial score (nSPS) is 10.6. The van der Waals surface area contributed by atoms with Crippen LogP contribution in [0.1, 0.15) is 10.4 Å². The number of Topliss-reactive ketones (excluding diaryl/α,β-unsaturated/α-hetero) is 1. The van der Waals surface area contributed by atoms with Gasteiger partial charge in [0.2, 0.25) is 0 Å². The van der Waals surface area contributed by atoms with E-state index in [0.29, 0.717) is 5.58 Å². The first kappa shape index (κ1) is 11.5. The smallest absolute Gasteiger partial charge is 0.347 e. The van der Waals surface area contributed by atoms with E-state index in [2.05, 4.69) is 31.9 Å². The van der Waals surface area contributed by atoms with Crippen molar-refractivity contribution in [2.45, 2.75) is 0 Å². The van der Waals surface area contributed by atoms with E-state index in [1.54, 1.807) is 24.3 Å². The predicted octanol–water partition coefficient (Wildman–Crippen LogP) is 3.13. The molecule has 0 radical (unpaired) electrons. The Hall–Kier alpha value is -0.940. The summed E-state index contributed by atoms with van der Waals surface area (Å²) in [5.41, 5.74) is -0.0546. The zero-order valence-electron chi connectivity index (χ0n) is 8.00. The summed E-state index contributed by atoms with van der Waals surface area (Å²) in [7, 11) is 0. The van der Waals surface area contributed by atoms with Gasteiger partial charge >= 0.3 is 5.63 Å². The zero-order valence-corrected chi connectivity index (χ0v) is 11.2. The number of halogens is 2.